The highest BCUT2D eigenvalue weighted by Crippen LogP contribution is 2.30. The molecule has 0 amide bonds. The number of sulfone groups is 1. The van der Waals surface area contributed by atoms with E-state index >= 15 is 0 Å². The minimum atomic E-state index is -3.07. The van der Waals surface area contributed by atoms with Crippen LogP contribution in [0.4, 0.5) is 0 Å². The molecule has 0 aromatic heterocycles. The highest BCUT2D eigenvalue weighted by atomic mass is 32.2. The lowest BCUT2D eigenvalue weighted by atomic mass is 9.96. The van der Waals surface area contributed by atoms with Crippen molar-refractivity contribution in [2.75, 3.05) is 0 Å². The third-order valence-corrected chi connectivity index (χ3v) is 6.10. The molecule has 84 valence electrons. The Labute approximate surface area is 87.0 Å². The van der Waals surface area contributed by atoms with Crippen LogP contribution in [0.25, 0.3) is 0 Å². The summed E-state index contributed by atoms with van der Waals surface area (Å²) in [7, 11) is -3.07. The topological polar surface area (TPSA) is 60.2 Å². The van der Waals surface area contributed by atoms with E-state index in [1.165, 1.54) is 0 Å². The molecule has 1 fully saturated rings. The monoisotopic (exact) mass is 219 g/mol. The lowest BCUT2D eigenvalue weighted by Crippen LogP contribution is -2.48. The van der Waals surface area contributed by atoms with Crippen molar-refractivity contribution in [1.29, 1.82) is 0 Å². The quantitative estimate of drug-likeness (QED) is 0.726. The fraction of sp³-hybridized carbons (Fsp3) is 1.00. The van der Waals surface area contributed by atoms with E-state index in [4.69, 9.17) is 5.73 Å². The molecule has 2 atom stereocenters. The molecule has 0 aliphatic heterocycles. The van der Waals surface area contributed by atoms with Gasteiger partial charge in [-0.3, -0.25) is 0 Å². The van der Waals surface area contributed by atoms with E-state index in [1.54, 1.807) is 20.8 Å². The lowest BCUT2D eigenvalue weighted by molar-refractivity contribution is 0.423. The van der Waals surface area contributed by atoms with Crippen molar-refractivity contribution in [3.8, 4) is 0 Å². The molecule has 4 heteroatoms. The molecule has 0 radical (unpaired) electrons. The van der Waals surface area contributed by atoms with Gasteiger partial charge in [-0.15, -0.1) is 0 Å². The molecule has 1 rings (SSSR count). The van der Waals surface area contributed by atoms with Gasteiger partial charge in [-0.25, -0.2) is 8.42 Å². The van der Waals surface area contributed by atoms with Gasteiger partial charge in [0.1, 0.15) is 0 Å². The van der Waals surface area contributed by atoms with Crippen LogP contribution in [0.3, 0.4) is 0 Å². The second-order valence-corrected chi connectivity index (χ2v) is 8.06. The first-order valence-electron chi connectivity index (χ1n) is 5.26. The summed E-state index contributed by atoms with van der Waals surface area (Å²) in [5.74, 6) is 0. The molecule has 0 saturated heterocycles. The van der Waals surface area contributed by atoms with Crippen LogP contribution in [0.15, 0.2) is 0 Å². The predicted molar refractivity (Wildman–Crippen MR) is 58.9 cm³/mol. The van der Waals surface area contributed by atoms with Gasteiger partial charge in [0.25, 0.3) is 0 Å². The number of nitrogens with two attached hydrogens (primary N) is 1. The average Bonchev–Trinajstić information content (AvgIpc) is 2.02. The van der Waals surface area contributed by atoms with E-state index in [0.29, 0.717) is 0 Å². The zero-order chi connectivity index (χ0) is 11.0. The van der Waals surface area contributed by atoms with Crippen molar-refractivity contribution >= 4 is 9.84 Å². The van der Waals surface area contributed by atoms with E-state index in [0.717, 1.165) is 25.7 Å². The van der Waals surface area contributed by atoms with Gasteiger partial charge in [-0.2, -0.15) is 0 Å². The summed E-state index contributed by atoms with van der Waals surface area (Å²) >= 11 is 0. The summed E-state index contributed by atoms with van der Waals surface area (Å²) < 4.78 is 23.6. The SMILES string of the molecule is CC(C)(C)S(=O)(=O)[C@@H]1CCCC[C@@H]1N. The molecule has 1 aliphatic carbocycles. The highest BCUT2D eigenvalue weighted by molar-refractivity contribution is 7.93. The smallest absolute Gasteiger partial charge is 0.159 e. The molecule has 3 nitrogen and oxygen atoms in total. The molecular formula is C10H21NO2S. The van der Waals surface area contributed by atoms with E-state index in [9.17, 15) is 8.42 Å². The average molecular weight is 219 g/mol. The van der Waals surface area contributed by atoms with Crippen molar-refractivity contribution in [3.63, 3.8) is 0 Å². The van der Waals surface area contributed by atoms with Gasteiger partial charge in [-0.1, -0.05) is 12.8 Å². The van der Waals surface area contributed by atoms with Crippen molar-refractivity contribution in [1.82, 2.24) is 0 Å². The summed E-state index contributed by atoms with van der Waals surface area (Å²) in [6.07, 6.45) is 3.64. The molecule has 0 aromatic rings. The molecule has 14 heavy (non-hydrogen) atoms. The third kappa shape index (κ3) is 2.11. The first kappa shape index (κ1) is 12.0. The molecule has 2 N–H and O–H groups in total. The minimum absolute atomic E-state index is 0.159. The molecule has 1 saturated carbocycles. The van der Waals surface area contributed by atoms with Crippen LogP contribution in [0.5, 0.6) is 0 Å². The Hall–Kier alpha value is -0.0900. The van der Waals surface area contributed by atoms with Gasteiger partial charge in [-0.05, 0) is 33.6 Å². The second kappa shape index (κ2) is 3.81. The van der Waals surface area contributed by atoms with Crippen molar-refractivity contribution < 1.29 is 8.42 Å². The molecule has 0 heterocycles. The Morgan fingerprint density at radius 2 is 1.64 bits per heavy atom. The summed E-state index contributed by atoms with van der Waals surface area (Å²) in [5.41, 5.74) is 5.88. The fourth-order valence-corrected chi connectivity index (χ4v) is 3.95. The van der Waals surface area contributed by atoms with Gasteiger partial charge in [0, 0.05) is 6.04 Å². The van der Waals surface area contributed by atoms with E-state index in [-0.39, 0.29) is 11.3 Å². The zero-order valence-electron chi connectivity index (χ0n) is 9.29. The summed E-state index contributed by atoms with van der Waals surface area (Å²) in [5, 5.41) is -0.323. The molecular weight excluding hydrogens is 198 g/mol. The first-order valence-corrected chi connectivity index (χ1v) is 6.80. The van der Waals surface area contributed by atoms with Crippen LogP contribution in [0.2, 0.25) is 0 Å². The molecule has 1 aliphatic rings. The Kier molecular flexibility index (Phi) is 3.26. The van der Waals surface area contributed by atoms with Crippen LogP contribution in [-0.4, -0.2) is 24.5 Å². The van der Waals surface area contributed by atoms with Crippen LogP contribution in [-0.2, 0) is 9.84 Å². The summed E-state index contributed by atoms with van der Waals surface area (Å²) in [6, 6.07) is -0.159. The van der Waals surface area contributed by atoms with Gasteiger partial charge in [0.05, 0.1) is 10.00 Å². The normalized spacial score (nSPS) is 30.3. The molecule has 0 unspecified atom stereocenters. The summed E-state index contributed by atoms with van der Waals surface area (Å²) in [6.45, 7) is 5.26. The Balaban J connectivity index is 2.92. The molecule has 0 aromatic carbocycles. The zero-order valence-corrected chi connectivity index (χ0v) is 10.1. The van der Waals surface area contributed by atoms with Crippen LogP contribution >= 0.6 is 0 Å². The number of hydrogen-bond acceptors (Lipinski definition) is 3. The van der Waals surface area contributed by atoms with Gasteiger partial charge in [0.15, 0.2) is 9.84 Å². The number of hydrogen-bond donors (Lipinski definition) is 1. The Morgan fingerprint density at radius 3 is 2.07 bits per heavy atom. The third-order valence-electron chi connectivity index (χ3n) is 3.01. The maximum absolute atomic E-state index is 12.1. The van der Waals surface area contributed by atoms with Crippen molar-refractivity contribution in [2.24, 2.45) is 5.73 Å². The molecule has 0 spiro atoms. The largest absolute Gasteiger partial charge is 0.327 e. The minimum Gasteiger partial charge on any atom is -0.327 e. The van der Waals surface area contributed by atoms with Crippen molar-refractivity contribution in [3.05, 3.63) is 0 Å². The number of rotatable bonds is 1. The second-order valence-electron chi connectivity index (χ2n) is 5.14. The van der Waals surface area contributed by atoms with Crippen LogP contribution in [0.1, 0.15) is 46.5 Å². The first-order chi connectivity index (χ1) is 6.27. The van der Waals surface area contributed by atoms with E-state index in [2.05, 4.69) is 0 Å². The van der Waals surface area contributed by atoms with Crippen LogP contribution < -0.4 is 5.73 Å². The Morgan fingerprint density at radius 1 is 1.14 bits per heavy atom. The summed E-state index contributed by atoms with van der Waals surface area (Å²) in [4.78, 5) is 0. The van der Waals surface area contributed by atoms with E-state index < -0.39 is 14.6 Å². The molecule has 0 bridgehead atoms. The maximum atomic E-state index is 12.1. The van der Waals surface area contributed by atoms with Crippen molar-refractivity contribution in [2.45, 2.75) is 62.5 Å². The van der Waals surface area contributed by atoms with Crippen LogP contribution in [0, 0.1) is 0 Å². The lowest BCUT2D eigenvalue weighted by Gasteiger charge is -2.33. The van der Waals surface area contributed by atoms with E-state index in [1.807, 2.05) is 0 Å². The highest BCUT2D eigenvalue weighted by Gasteiger charge is 2.40. The van der Waals surface area contributed by atoms with Gasteiger partial charge in [0.2, 0.25) is 0 Å². The predicted octanol–water partition coefficient (Wildman–Crippen LogP) is 1.47. The maximum Gasteiger partial charge on any atom is 0.159 e. The van der Waals surface area contributed by atoms with Gasteiger partial charge < -0.3 is 5.73 Å². The standard InChI is InChI=1S/C10H21NO2S/c1-10(2,3)14(12,13)9-7-5-4-6-8(9)11/h8-9H,4-7,11H2,1-3H3/t8-,9+/m0/s1. The van der Waals surface area contributed by atoms with Gasteiger partial charge >= 0.3 is 0 Å². The Bertz CT molecular complexity index is 290. The fourth-order valence-electron chi connectivity index (χ4n) is 1.96.